The van der Waals surface area contributed by atoms with Crippen molar-refractivity contribution in [3.8, 4) is 0 Å². The van der Waals surface area contributed by atoms with Crippen LogP contribution >= 0.6 is 0 Å². The molecule has 136 valence electrons. The van der Waals surface area contributed by atoms with E-state index in [0.29, 0.717) is 17.2 Å². The van der Waals surface area contributed by atoms with Crippen molar-refractivity contribution in [3.05, 3.63) is 54.5 Å². The lowest BCUT2D eigenvalue weighted by Crippen LogP contribution is -2.36. The van der Waals surface area contributed by atoms with Gasteiger partial charge in [-0.05, 0) is 38.1 Å². The molecule has 0 N–H and O–H groups in total. The van der Waals surface area contributed by atoms with Gasteiger partial charge in [-0.15, -0.1) is 10.2 Å². The van der Waals surface area contributed by atoms with Gasteiger partial charge in [0.05, 0.1) is 12.3 Å². The van der Waals surface area contributed by atoms with E-state index >= 15 is 0 Å². The summed E-state index contributed by atoms with van der Waals surface area (Å²) in [7, 11) is -4.00. The fourth-order valence-electron chi connectivity index (χ4n) is 2.50. The lowest BCUT2D eigenvalue weighted by molar-refractivity contribution is -0.141. The minimum absolute atomic E-state index is 0.0288. The van der Waals surface area contributed by atoms with E-state index in [0.717, 1.165) is 4.31 Å². The molecule has 2 aromatic heterocycles. The summed E-state index contributed by atoms with van der Waals surface area (Å²) in [6, 6.07) is 11.4. The molecule has 0 radical (unpaired) electrons. The minimum atomic E-state index is -4.00. The number of nitrogens with zero attached hydrogens (tertiary/aromatic N) is 4. The molecular weight excluding hydrogens is 356 g/mol. The van der Waals surface area contributed by atoms with Gasteiger partial charge in [0.1, 0.15) is 17.3 Å². The Bertz CT molecular complexity index is 1030. The van der Waals surface area contributed by atoms with Crippen molar-refractivity contribution in [2.75, 3.05) is 17.5 Å². The van der Waals surface area contributed by atoms with Crippen molar-refractivity contribution in [2.45, 2.75) is 18.7 Å². The van der Waals surface area contributed by atoms with Crippen LogP contribution in [0.5, 0.6) is 0 Å². The van der Waals surface area contributed by atoms with Gasteiger partial charge in [0, 0.05) is 6.20 Å². The molecule has 2 heterocycles. The molecule has 0 aliphatic rings. The zero-order valence-electron chi connectivity index (χ0n) is 14.4. The molecule has 0 atom stereocenters. The van der Waals surface area contributed by atoms with E-state index in [-0.39, 0.29) is 11.5 Å². The third-order valence-corrected chi connectivity index (χ3v) is 5.51. The van der Waals surface area contributed by atoms with Crippen LogP contribution in [0.3, 0.4) is 0 Å². The fourth-order valence-corrected chi connectivity index (χ4v) is 3.91. The summed E-state index contributed by atoms with van der Waals surface area (Å²) in [4.78, 5) is 12.0. The lowest BCUT2D eigenvalue weighted by atomic mass is 10.3. The number of fused-ring (bicyclic) bond motifs is 1. The minimum Gasteiger partial charge on any atom is -0.465 e. The summed E-state index contributed by atoms with van der Waals surface area (Å²) in [6.07, 6.45) is 1.45. The van der Waals surface area contributed by atoms with Crippen LogP contribution in [0.4, 0.5) is 5.69 Å². The summed E-state index contributed by atoms with van der Waals surface area (Å²) in [5.74, 6) is -0.0600. The van der Waals surface area contributed by atoms with Crippen molar-refractivity contribution >= 4 is 27.3 Å². The molecule has 1 aromatic carbocycles. The summed E-state index contributed by atoms with van der Waals surface area (Å²) in [5, 5.41) is 7.87. The Hall–Kier alpha value is -2.94. The molecule has 0 aliphatic carbocycles. The lowest BCUT2D eigenvalue weighted by Gasteiger charge is -2.23. The van der Waals surface area contributed by atoms with Crippen LogP contribution in [0.2, 0.25) is 0 Å². The molecule has 0 bridgehead atoms. The number of ether oxygens (including phenoxy) is 1. The number of hydrogen-bond acceptors (Lipinski definition) is 6. The number of anilines is 1. The monoisotopic (exact) mass is 374 g/mol. The van der Waals surface area contributed by atoms with Gasteiger partial charge in [-0.2, -0.15) is 0 Å². The average molecular weight is 374 g/mol. The second-order valence-corrected chi connectivity index (χ2v) is 7.35. The molecule has 0 spiro atoms. The molecular formula is C17H18N4O4S. The van der Waals surface area contributed by atoms with Crippen LogP contribution in [0.1, 0.15) is 12.7 Å². The van der Waals surface area contributed by atoms with E-state index in [1.165, 1.54) is 12.3 Å². The fraction of sp³-hybridized carbons (Fsp3) is 0.235. The zero-order chi connectivity index (χ0) is 18.7. The number of aryl methyl sites for hydroxylation is 1. The quantitative estimate of drug-likeness (QED) is 0.611. The number of rotatable bonds is 6. The first kappa shape index (κ1) is 17.9. The largest absolute Gasteiger partial charge is 0.465 e. The highest BCUT2D eigenvalue weighted by atomic mass is 32.2. The topological polar surface area (TPSA) is 93.9 Å². The number of sulfonamides is 1. The Morgan fingerprint density at radius 3 is 2.58 bits per heavy atom. The SMILES string of the molecule is CCOC(=O)CN(c1ccccc1)S(=O)(=O)c1ccc2nnc(C)n2c1. The summed E-state index contributed by atoms with van der Waals surface area (Å²) in [6.45, 7) is 3.15. The standard InChI is InChI=1S/C17H18N4O4S/c1-3-25-17(22)12-21(14-7-5-4-6-8-14)26(23,24)15-9-10-16-19-18-13(2)20(16)11-15/h4-11H,3,12H2,1-2H3. The van der Waals surface area contributed by atoms with Crippen LogP contribution in [0.25, 0.3) is 5.65 Å². The number of esters is 1. The Balaban J connectivity index is 2.07. The maximum absolute atomic E-state index is 13.2. The Kier molecular flexibility index (Phi) is 4.90. The smallest absolute Gasteiger partial charge is 0.326 e. The van der Waals surface area contributed by atoms with E-state index in [1.54, 1.807) is 54.6 Å². The highest BCUT2D eigenvalue weighted by molar-refractivity contribution is 7.92. The molecule has 0 amide bonds. The van der Waals surface area contributed by atoms with E-state index < -0.39 is 22.5 Å². The van der Waals surface area contributed by atoms with Crippen LogP contribution in [0, 0.1) is 6.92 Å². The van der Waals surface area contributed by atoms with Crippen LogP contribution in [-0.4, -0.2) is 42.1 Å². The first-order valence-corrected chi connectivity index (χ1v) is 9.42. The van der Waals surface area contributed by atoms with Crippen molar-refractivity contribution in [1.82, 2.24) is 14.6 Å². The van der Waals surface area contributed by atoms with Crippen LogP contribution in [-0.2, 0) is 19.6 Å². The van der Waals surface area contributed by atoms with E-state index in [4.69, 9.17) is 4.74 Å². The van der Waals surface area contributed by atoms with Gasteiger partial charge in [-0.1, -0.05) is 18.2 Å². The van der Waals surface area contributed by atoms with E-state index in [1.807, 2.05) is 0 Å². The second kappa shape index (κ2) is 7.12. The highest BCUT2D eigenvalue weighted by Gasteiger charge is 2.28. The van der Waals surface area contributed by atoms with E-state index in [9.17, 15) is 13.2 Å². The summed E-state index contributed by atoms with van der Waals surface area (Å²) >= 11 is 0. The van der Waals surface area contributed by atoms with Crippen molar-refractivity contribution in [1.29, 1.82) is 0 Å². The Morgan fingerprint density at radius 2 is 1.88 bits per heavy atom. The normalized spacial score (nSPS) is 11.5. The van der Waals surface area contributed by atoms with Gasteiger partial charge >= 0.3 is 5.97 Å². The first-order chi connectivity index (χ1) is 12.4. The molecule has 0 fully saturated rings. The number of carbonyl (C=O) groups is 1. The maximum atomic E-state index is 13.2. The maximum Gasteiger partial charge on any atom is 0.326 e. The molecule has 0 saturated carbocycles. The van der Waals surface area contributed by atoms with Gasteiger partial charge < -0.3 is 4.74 Å². The average Bonchev–Trinajstić information content (AvgIpc) is 3.01. The van der Waals surface area contributed by atoms with E-state index in [2.05, 4.69) is 10.2 Å². The molecule has 26 heavy (non-hydrogen) atoms. The van der Waals surface area contributed by atoms with Crippen LogP contribution < -0.4 is 4.31 Å². The molecule has 9 heteroatoms. The number of benzene rings is 1. The van der Waals surface area contributed by atoms with Gasteiger partial charge in [0.15, 0.2) is 5.65 Å². The van der Waals surface area contributed by atoms with Gasteiger partial charge in [-0.3, -0.25) is 13.5 Å². The van der Waals surface area contributed by atoms with Gasteiger partial charge in [0.25, 0.3) is 10.0 Å². The zero-order valence-corrected chi connectivity index (χ0v) is 15.2. The van der Waals surface area contributed by atoms with Crippen molar-refractivity contribution in [2.24, 2.45) is 0 Å². The van der Waals surface area contributed by atoms with Crippen molar-refractivity contribution in [3.63, 3.8) is 0 Å². The third-order valence-electron chi connectivity index (χ3n) is 3.76. The number of para-hydroxylation sites is 1. The summed E-state index contributed by atoms with van der Waals surface area (Å²) < 4.78 is 34.0. The van der Waals surface area contributed by atoms with Gasteiger partial charge in [0.2, 0.25) is 0 Å². The molecule has 3 rings (SSSR count). The Labute approximate surface area is 151 Å². The molecule has 8 nitrogen and oxygen atoms in total. The molecule has 3 aromatic rings. The summed E-state index contributed by atoms with van der Waals surface area (Å²) in [5.41, 5.74) is 0.916. The number of aromatic nitrogens is 3. The molecule has 0 unspecified atom stereocenters. The van der Waals surface area contributed by atoms with Crippen molar-refractivity contribution < 1.29 is 17.9 Å². The molecule has 0 aliphatic heterocycles. The number of pyridine rings is 1. The Morgan fingerprint density at radius 1 is 1.15 bits per heavy atom. The highest BCUT2D eigenvalue weighted by Crippen LogP contribution is 2.24. The predicted octanol–water partition coefficient (Wildman–Crippen LogP) is 1.80. The van der Waals surface area contributed by atoms with Crippen LogP contribution in [0.15, 0.2) is 53.6 Å². The second-order valence-electron chi connectivity index (χ2n) is 5.49. The number of carbonyl (C=O) groups excluding carboxylic acids is 1. The molecule has 0 saturated heterocycles. The van der Waals surface area contributed by atoms with Gasteiger partial charge in [-0.25, -0.2) is 8.42 Å². The first-order valence-electron chi connectivity index (χ1n) is 7.98. The number of hydrogen-bond donors (Lipinski definition) is 0. The predicted molar refractivity (Wildman–Crippen MR) is 95.3 cm³/mol. The third kappa shape index (κ3) is 3.38.